The Bertz CT molecular complexity index is 352. The fourth-order valence-electron chi connectivity index (χ4n) is 1.84. The minimum atomic E-state index is -0.514. The van der Waals surface area contributed by atoms with Crippen LogP contribution in [0.5, 0.6) is 0 Å². The highest BCUT2D eigenvalue weighted by Gasteiger charge is 2.34. The fourth-order valence-corrected chi connectivity index (χ4v) is 1.84. The van der Waals surface area contributed by atoms with Crippen molar-refractivity contribution in [1.82, 2.24) is 9.88 Å². The molecule has 1 aromatic rings. The smallest absolute Gasteiger partial charge is 0.0985 e. The van der Waals surface area contributed by atoms with Gasteiger partial charge in [0.2, 0.25) is 0 Å². The van der Waals surface area contributed by atoms with E-state index in [-0.39, 0.29) is 5.54 Å². The molecule has 0 amide bonds. The summed E-state index contributed by atoms with van der Waals surface area (Å²) in [4.78, 5) is 6.20. The Morgan fingerprint density at radius 3 is 2.50 bits per heavy atom. The van der Waals surface area contributed by atoms with Crippen molar-refractivity contribution >= 4 is 0 Å². The molecule has 90 valence electrons. The van der Waals surface area contributed by atoms with E-state index in [9.17, 15) is 5.11 Å². The predicted molar refractivity (Wildman–Crippen MR) is 66.3 cm³/mol. The molecule has 0 saturated carbocycles. The first kappa shape index (κ1) is 13.1. The molecule has 0 aliphatic heterocycles. The molecule has 2 atom stereocenters. The molecule has 16 heavy (non-hydrogen) atoms. The maximum absolute atomic E-state index is 10.5. The number of aromatic nitrogens is 1. The predicted octanol–water partition coefficient (Wildman–Crippen LogP) is 2.15. The van der Waals surface area contributed by atoms with Crippen LogP contribution >= 0.6 is 0 Å². The Morgan fingerprint density at radius 2 is 2.06 bits per heavy atom. The van der Waals surface area contributed by atoms with E-state index in [1.54, 1.807) is 12.4 Å². The summed E-state index contributed by atoms with van der Waals surface area (Å²) in [7, 11) is 3.99. The zero-order valence-electron chi connectivity index (χ0n) is 10.9. The summed E-state index contributed by atoms with van der Waals surface area (Å²) in [5.41, 5.74) is 1.71. The van der Waals surface area contributed by atoms with Crippen molar-refractivity contribution in [2.75, 3.05) is 14.1 Å². The third kappa shape index (κ3) is 2.42. The Labute approximate surface area is 98.1 Å². The van der Waals surface area contributed by atoms with Gasteiger partial charge in [0.15, 0.2) is 0 Å². The van der Waals surface area contributed by atoms with Gasteiger partial charge in [0.25, 0.3) is 0 Å². The molecule has 0 radical (unpaired) electrons. The molecule has 0 bridgehead atoms. The van der Waals surface area contributed by atoms with Crippen LogP contribution in [-0.4, -0.2) is 34.6 Å². The maximum atomic E-state index is 10.5. The molecule has 0 aromatic carbocycles. The first-order valence-electron chi connectivity index (χ1n) is 5.69. The number of hydrogen-bond acceptors (Lipinski definition) is 3. The van der Waals surface area contributed by atoms with Crippen molar-refractivity contribution in [2.45, 2.75) is 38.8 Å². The highest BCUT2D eigenvalue weighted by atomic mass is 16.3. The zero-order chi connectivity index (χ0) is 12.3. The normalized spacial score (nSPS) is 17.2. The molecule has 2 unspecified atom stereocenters. The van der Waals surface area contributed by atoms with Gasteiger partial charge in [-0.05, 0) is 39.9 Å². The number of aliphatic hydroxyl groups is 1. The SMILES string of the molecule is CCC(C)(C(O)c1cncc(C)c1)N(C)C. The lowest BCUT2D eigenvalue weighted by Gasteiger charge is -2.40. The lowest BCUT2D eigenvalue weighted by Crippen LogP contribution is -2.46. The van der Waals surface area contributed by atoms with E-state index in [1.165, 1.54) is 0 Å². The molecule has 3 heteroatoms. The standard InChI is InChI=1S/C13H22N2O/c1-6-13(3,15(4)5)12(16)11-7-10(2)8-14-9-11/h7-9,12,16H,6H2,1-5H3. The van der Waals surface area contributed by atoms with E-state index >= 15 is 0 Å². The molecule has 1 aromatic heterocycles. The van der Waals surface area contributed by atoms with Gasteiger partial charge in [-0.2, -0.15) is 0 Å². The zero-order valence-corrected chi connectivity index (χ0v) is 10.9. The number of rotatable bonds is 4. The third-order valence-electron chi connectivity index (χ3n) is 3.54. The van der Waals surface area contributed by atoms with Crippen LogP contribution in [0.3, 0.4) is 0 Å². The van der Waals surface area contributed by atoms with Crippen LogP contribution in [0.1, 0.15) is 37.5 Å². The lowest BCUT2D eigenvalue weighted by molar-refractivity contribution is 0.000642. The summed E-state index contributed by atoms with van der Waals surface area (Å²) in [5.74, 6) is 0. The van der Waals surface area contributed by atoms with Crippen molar-refractivity contribution < 1.29 is 5.11 Å². The summed E-state index contributed by atoms with van der Waals surface area (Å²) in [6.45, 7) is 6.15. The highest BCUT2D eigenvalue weighted by molar-refractivity contribution is 5.21. The molecule has 0 fully saturated rings. The van der Waals surface area contributed by atoms with Gasteiger partial charge in [-0.3, -0.25) is 4.98 Å². The van der Waals surface area contributed by atoms with E-state index in [0.717, 1.165) is 17.5 Å². The molecule has 3 nitrogen and oxygen atoms in total. The highest BCUT2D eigenvalue weighted by Crippen LogP contribution is 2.32. The molecule has 1 heterocycles. The Morgan fingerprint density at radius 1 is 1.44 bits per heavy atom. The number of pyridine rings is 1. The van der Waals surface area contributed by atoms with Gasteiger partial charge >= 0.3 is 0 Å². The largest absolute Gasteiger partial charge is 0.386 e. The average Bonchev–Trinajstić information content (AvgIpc) is 2.26. The van der Waals surface area contributed by atoms with Gasteiger partial charge in [-0.1, -0.05) is 13.0 Å². The third-order valence-corrected chi connectivity index (χ3v) is 3.54. The Hall–Kier alpha value is -0.930. The minimum Gasteiger partial charge on any atom is -0.386 e. The first-order chi connectivity index (χ1) is 7.41. The van der Waals surface area contributed by atoms with E-state index in [0.29, 0.717) is 0 Å². The number of aryl methyl sites for hydroxylation is 1. The maximum Gasteiger partial charge on any atom is 0.0985 e. The van der Waals surface area contributed by atoms with Crippen LogP contribution in [0, 0.1) is 6.92 Å². The van der Waals surface area contributed by atoms with Crippen molar-refractivity contribution in [2.24, 2.45) is 0 Å². The molecule has 1 N–H and O–H groups in total. The lowest BCUT2D eigenvalue weighted by atomic mass is 9.86. The van der Waals surface area contributed by atoms with Gasteiger partial charge < -0.3 is 10.0 Å². The van der Waals surface area contributed by atoms with Crippen LogP contribution in [0.15, 0.2) is 18.5 Å². The Balaban J connectivity index is 3.04. The van der Waals surface area contributed by atoms with E-state index in [1.807, 2.05) is 27.1 Å². The average molecular weight is 222 g/mol. The number of likely N-dealkylation sites (N-methyl/N-ethyl adjacent to an activating group) is 1. The van der Waals surface area contributed by atoms with Gasteiger partial charge in [0.05, 0.1) is 6.10 Å². The van der Waals surface area contributed by atoms with Crippen LogP contribution < -0.4 is 0 Å². The minimum absolute atomic E-state index is 0.254. The van der Waals surface area contributed by atoms with E-state index < -0.39 is 6.10 Å². The first-order valence-corrected chi connectivity index (χ1v) is 5.69. The molecular weight excluding hydrogens is 200 g/mol. The summed E-state index contributed by atoms with van der Waals surface area (Å²) in [6.07, 6.45) is 3.92. The van der Waals surface area contributed by atoms with E-state index in [2.05, 4.69) is 23.7 Å². The van der Waals surface area contributed by atoms with Gasteiger partial charge in [0.1, 0.15) is 0 Å². The second-order valence-corrected chi connectivity index (χ2v) is 4.80. The topological polar surface area (TPSA) is 36.4 Å². The molecule has 0 spiro atoms. The van der Waals surface area contributed by atoms with Gasteiger partial charge in [0, 0.05) is 23.5 Å². The van der Waals surface area contributed by atoms with Crippen LogP contribution in [-0.2, 0) is 0 Å². The van der Waals surface area contributed by atoms with Crippen molar-refractivity contribution in [1.29, 1.82) is 0 Å². The number of nitrogens with zero attached hydrogens (tertiary/aromatic N) is 2. The number of hydrogen-bond donors (Lipinski definition) is 1. The van der Waals surface area contributed by atoms with Crippen LogP contribution in [0.2, 0.25) is 0 Å². The summed E-state index contributed by atoms with van der Waals surface area (Å²) in [5, 5.41) is 10.5. The van der Waals surface area contributed by atoms with E-state index in [4.69, 9.17) is 0 Å². The summed E-state index contributed by atoms with van der Waals surface area (Å²) < 4.78 is 0. The number of aliphatic hydroxyl groups excluding tert-OH is 1. The Kier molecular flexibility index (Phi) is 4.05. The molecule has 1 rings (SSSR count). The monoisotopic (exact) mass is 222 g/mol. The van der Waals surface area contributed by atoms with Gasteiger partial charge in [-0.25, -0.2) is 0 Å². The van der Waals surface area contributed by atoms with Crippen LogP contribution in [0.25, 0.3) is 0 Å². The van der Waals surface area contributed by atoms with Crippen molar-refractivity contribution in [3.05, 3.63) is 29.6 Å². The second kappa shape index (κ2) is 4.93. The van der Waals surface area contributed by atoms with Crippen LogP contribution in [0.4, 0.5) is 0 Å². The molecule has 0 aliphatic carbocycles. The fraction of sp³-hybridized carbons (Fsp3) is 0.615. The molecule has 0 saturated heterocycles. The summed E-state index contributed by atoms with van der Waals surface area (Å²) in [6, 6.07) is 2.00. The quantitative estimate of drug-likeness (QED) is 0.848. The molecular formula is C13H22N2O. The molecule has 0 aliphatic rings. The van der Waals surface area contributed by atoms with Crippen molar-refractivity contribution in [3.63, 3.8) is 0 Å². The van der Waals surface area contributed by atoms with Crippen molar-refractivity contribution in [3.8, 4) is 0 Å². The van der Waals surface area contributed by atoms with Gasteiger partial charge in [-0.15, -0.1) is 0 Å². The second-order valence-electron chi connectivity index (χ2n) is 4.80. The summed E-state index contributed by atoms with van der Waals surface area (Å²) >= 11 is 0.